The molecule has 1 N–H and O–H groups in total. The molecule has 2 aromatic rings. The monoisotopic (exact) mass is 330 g/mol. The predicted octanol–water partition coefficient (Wildman–Crippen LogP) is 4.68. The number of hydrogen-bond acceptors (Lipinski definition) is 1. The van der Waals surface area contributed by atoms with E-state index < -0.39 is 23.5 Å². The molecule has 2 aromatic carbocycles. The van der Waals surface area contributed by atoms with Crippen molar-refractivity contribution in [1.29, 1.82) is 0 Å². The maximum absolute atomic E-state index is 13.9. The molecule has 2 rings (SSSR count). The van der Waals surface area contributed by atoms with E-state index in [1.165, 1.54) is 30.3 Å². The lowest BCUT2D eigenvalue weighted by atomic mass is 9.91. The second-order valence-corrected chi connectivity index (χ2v) is 5.24. The van der Waals surface area contributed by atoms with Crippen LogP contribution >= 0.6 is 23.2 Å². The van der Waals surface area contributed by atoms with Crippen LogP contribution in [0.3, 0.4) is 0 Å². The van der Waals surface area contributed by atoms with Crippen molar-refractivity contribution in [3.05, 3.63) is 69.2 Å². The van der Waals surface area contributed by atoms with E-state index in [0.717, 1.165) is 6.07 Å². The van der Waals surface area contributed by atoms with Crippen molar-refractivity contribution in [2.45, 2.75) is 12.3 Å². The summed E-state index contributed by atoms with van der Waals surface area (Å²) in [6, 6.07) is 7.90. The zero-order chi connectivity index (χ0) is 15.6. The van der Waals surface area contributed by atoms with Crippen LogP contribution in [0.5, 0.6) is 0 Å². The van der Waals surface area contributed by atoms with Crippen LogP contribution in [0.25, 0.3) is 0 Å². The first kappa shape index (κ1) is 15.7. The number of hydrogen-bond donors (Lipinski definition) is 1. The molecule has 6 heteroatoms. The Morgan fingerprint density at radius 3 is 2.14 bits per heavy atom. The van der Waals surface area contributed by atoms with Crippen molar-refractivity contribution in [1.82, 2.24) is 0 Å². The summed E-state index contributed by atoms with van der Waals surface area (Å²) >= 11 is 11.8. The van der Waals surface area contributed by atoms with Crippen LogP contribution in [0.4, 0.5) is 8.78 Å². The Hall–Kier alpha value is -1.65. The molecule has 0 aromatic heterocycles. The van der Waals surface area contributed by atoms with Crippen LogP contribution in [0.2, 0.25) is 10.0 Å². The Morgan fingerprint density at radius 1 is 1.05 bits per heavy atom. The standard InChI is InChI=1S/C15H10Cl2F2O2/c16-10-3-1-5-12(18)8(10)7-9(15(20)21)14-11(17)4-2-6-13(14)19/h1-6,9H,7H2,(H,20,21). The topological polar surface area (TPSA) is 37.3 Å². The normalized spacial score (nSPS) is 12.2. The Kier molecular flexibility index (Phi) is 4.80. The van der Waals surface area contributed by atoms with Crippen LogP contribution in [0, 0.1) is 11.6 Å². The summed E-state index contributed by atoms with van der Waals surface area (Å²) in [5.74, 6) is -4.02. The number of halogens is 4. The van der Waals surface area contributed by atoms with E-state index in [0.29, 0.717) is 0 Å². The van der Waals surface area contributed by atoms with Crippen molar-refractivity contribution in [2.24, 2.45) is 0 Å². The molecule has 0 spiro atoms. The molecule has 0 heterocycles. The van der Waals surface area contributed by atoms with Crippen molar-refractivity contribution in [3.8, 4) is 0 Å². The van der Waals surface area contributed by atoms with Gasteiger partial charge in [0.2, 0.25) is 0 Å². The number of carboxylic acid groups (broad SMARTS) is 1. The summed E-state index contributed by atoms with van der Waals surface area (Å²) in [7, 11) is 0. The highest BCUT2D eigenvalue weighted by Crippen LogP contribution is 2.32. The third-order valence-corrected chi connectivity index (χ3v) is 3.80. The van der Waals surface area contributed by atoms with Gasteiger partial charge in [-0.2, -0.15) is 0 Å². The summed E-state index contributed by atoms with van der Waals surface area (Å²) < 4.78 is 27.7. The molecule has 0 radical (unpaired) electrons. The van der Waals surface area contributed by atoms with E-state index in [2.05, 4.69) is 0 Å². The summed E-state index contributed by atoms with van der Waals surface area (Å²) in [6.07, 6.45) is -0.290. The van der Waals surface area contributed by atoms with E-state index >= 15 is 0 Å². The minimum atomic E-state index is -1.33. The SMILES string of the molecule is O=C(O)C(Cc1c(F)cccc1Cl)c1c(F)cccc1Cl. The fourth-order valence-electron chi connectivity index (χ4n) is 2.09. The van der Waals surface area contributed by atoms with Crippen LogP contribution < -0.4 is 0 Å². The number of carbonyl (C=O) groups is 1. The second kappa shape index (κ2) is 6.41. The third-order valence-electron chi connectivity index (χ3n) is 3.12. The van der Waals surface area contributed by atoms with Gasteiger partial charge in [0.25, 0.3) is 0 Å². The quantitative estimate of drug-likeness (QED) is 0.883. The molecule has 1 atom stereocenters. The first-order valence-electron chi connectivity index (χ1n) is 6.01. The van der Waals surface area contributed by atoms with Gasteiger partial charge < -0.3 is 5.11 Å². The van der Waals surface area contributed by atoms with E-state index in [9.17, 15) is 18.7 Å². The largest absolute Gasteiger partial charge is 0.481 e. The molecule has 0 saturated carbocycles. The Balaban J connectivity index is 2.49. The van der Waals surface area contributed by atoms with Crippen LogP contribution in [0.1, 0.15) is 17.0 Å². The molecule has 0 aliphatic carbocycles. The zero-order valence-corrected chi connectivity index (χ0v) is 12.1. The smallest absolute Gasteiger partial charge is 0.311 e. The van der Waals surface area contributed by atoms with Gasteiger partial charge in [0.15, 0.2) is 0 Å². The lowest BCUT2D eigenvalue weighted by molar-refractivity contribution is -0.138. The Bertz CT molecular complexity index is 649. The fraction of sp³-hybridized carbons (Fsp3) is 0.133. The third kappa shape index (κ3) is 3.34. The van der Waals surface area contributed by atoms with Crippen molar-refractivity contribution < 1.29 is 18.7 Å². The van der Waals surface area contributed by atoms with Gasteiger partial charge in [0.1, 0.15) is 11.6 Å². The molecule has 0 fully saturated rings. The minimum absolute atomic E-state index is 0.0186. The first-order valence-corrected chi connectivity index (χ1v) is 6.77. The molecule has 0 aliphatic rings. The fourth-order valence-corrected chi connectivity index (χ4v) is 2.62. The van der Waals surface area contributed by atoms with E-state index in [1.54, 1.807) is 0 Å². The maximum Gasteiger partial charge on any atom is 0.311 e. The summed E-state index contributed by atoms with van der Waals surface area (Å²) in [6.45, 7) is 0. The Morgan fingerprint density at radius 2 is 1.62 bits per heavy atom. The highest BCUT2D eigenvalue weighted by molar-refractivity contribution is 6.32. The van der Waals surface area contributed by atoms with Gasteiger partial charge in [-0.25, -0.2) is 8.78 Å². The lowest BCUT2D eigenvalue weighted by Crippen LogP contribution is -2.17. The summed E-state index contributed by atoms with van der Waals surface area (Å²) in [4.78, 5) is 11.4. The molecular formula is C15H10Cl2F2O2. The highest BCUT2D eigenvalue weighted by atomic mass is 35.5. The van der Waals surface area contributed by atoms with Gasteiger partial charge in [-0.05, 0) is 30.7 Å². The molecule has 0 saturated heterocycles. The first-order chi connectivity index (χ1) is 9.91. The zero-order valence-electron chi connectivity index (χ0n) is 10.6. The van der Waals surface area contributed by atoms with Gasteiger partial charge in [-0.15, -0.1) is 0 Å². The van der Waals surface area contributed by atoms with Gasteiger partial charge in [0, 0.05) is 21.2 Å². The maximum atomic E-state index is 13.9. The molecule has 2 nitrogen and oxygen atoms in total. The average molecular weight is 331 g/mol. The number of benzene rings is 2. The summed E-state index contributed by atoms with van der Waals surface area (Å²) in [5, 5.41) is 9.40. The highest BCUT2D eigenvalue weighted by Gasteiger charge is 2.28. The van der Waals surface area contributed by atoms with Gasteiger partial charge >= 0.3 is 5.97 Å². The summed E-state index contributed by atoms with van der Waals surface area (Å²) in [5.41, 5.74) is -0.156. The van der Waals surface area contributed by atoms with Crippen LogP contribution in [-0.4, -0.2) is 11.1 Å². The molecule has 0 bridgehead atoms. The van der Waals surface area contributed by atoms with Gasteiger partial charge in [-0.3, -0.25) is 4.79 Å². The molecule has 0 amide bonds. The van der Waals surface area contributed by atoms with Gasteiger partial charge in [0.05, 0.1) is 5.92 Å². The minimum Gasteiger partial charge on any atom is -0.481 e. The van der Waals surface area contributed by atoms with Crippen LogP contribution in [-0.2, 0) is 11.2 Å². The van der Waals surface area contributed by atoms with E-state index in [-0.39, 0.29) is 27.6 Å². The lowest BCUT2D eigenvalue weighted by Gasteiger charge is -2.16. The predicted molar refractivity (Wildman–Crippen MR) is 76.9 cm³/mol. The molecule has 1 unspecified atom stereocenters. The molecule has 21 heavy (non-hydrogen) atoms. The van der Waals surface area contributed by atoms with Gasteiger partial charge in [-0.1, -0.05) is 35.3 Å². The number of aliphatic carboxylic acids is 1. The van der Waals surface area contributed by atoms with Crippen molar-refractivity contribution >= 4 is 29.2 Å². The number of rotatable bonds is 4. The van der Waals surface area contributed by atoms with Crippen molar-refractivity contribution in [2.75, 3.05) is 0 Å². The van der Waals surface area contributed by atoms with E-state index in [1.807, 2.05) is 0 Å². The van der Waals surface area contributed by atoms with Crippen molar-refractivity contribution in [3.63, 3.8) is 0 Å². The number of carboxylic acids is 1. The molecule has 110 valence electrons. The van der Waals surface area contributed by atoms with E-state index in [4.69, 9.17) is 23.2 Å². The Labute approximate surface area is 129 Å². The average Bonchev–Trinajstić information content (AvgIpc) is 2.40. The molecule has 0 aliphatic heterocycles. The second-order valence-electron chi connectivity index (χ2n) is 4.43. The van der Waals surface area contributed by atoms with Crippen LogP contribution in [0.15, 0.2) is 36.4 Å². The molecular weight excluding hydrogens is 321 g/mol.